The zero-order valence-electron chi connectivity index (χ0n) is 11.3. The van der Waals surface area contributed by atoms with E-state index < -0.39 is 10.8 Å². The maximum Gasteiger partial charge on any atom is 0.306 e. The Morgan fingerprint density at radius 3 is 2.58 bits per heavy atom. The molecule has 0 spiro atoms. The number of methoxy groups -OCH3 is 1. The molecule has 2 fully saturated rings. The molecule has 0 aliphatic heterocycles. The third-order valence-corrected chi connectivity index (χ3v) is 5.27. The minimum Gasteiger partial charge on any atom is -0.469 e. The lowest BCUT2D eigenvalue weighted by molar-refractivity contribution is -0.141. The lowest BCUT2D eigenvalue weighted by atomic mass is 10.1. The fourth-order valence-corrected chi connectivity index (χ4v) is 3.67. The highest BCUT2D eigenvalue weighted by atomic mass is 32.2. The van der Waals surface area contributed by atoms with E-state index in [1.165, 1.54) is 20.0 Å². The Hall–Kier alpha value is -0.910. The van der Waals surface area contributed by atoms with Crippen molar-refractivity contribution >= 4 is 22.7 Å². The minimum absolute atomic E-state index is 0.0512. The molecule has 2 aliphatic carbocycles. The average molecular weight is 287 g/mol. The van der Waals surface area contributed by atoms with Crippen LogP contribution < -0.4 is 5.32 Å². The molecule has 6 heteroatoms. The van der Waals surface area contributed by atoms with Gasteiger partial charge in [-0.3, -0.25) is 13.8 Å². The molecule has 0 aromatic rings. The maximum atomic E-state index is 11.9. The van der Waals surface area contributed by atoms with Gasteiger partial charge in [-0.05, 0) is 37.0 Å². The van der Waals surface area contributed by atoms with E-state index in [-0.39, 0.29) is 23.0 Å². The fraction of sp³-hybridized carbons (Fsp3) is 0.846. The molecule has 108 valence electrons. The second kappa shape index (κ2) is 6.03. The van der Waals surface area contributed by atoms with Crippen LogP contribution in [-0.2, 0) is 25.1 Å². The molecule has 2 saturated carbocycles. The van der Waals surface area contributed by atoms with Gasteiger partial charge in [0.2, 0.25) is 5.91 Å². The number of hydrogen-bond acceptors (Lipinski definition) is 4. The van der Waals surface area contributed by atoms with Gasteiger partial charge in [0.1, 0.15) is 5.75 Å². The molecule has 1 unspecified atom stereocenters. The standard InChI is InChI=1S/C13H21NO4S/c1-18-12(16)6-13(4-5-13)9-19(17)8-11(15)14-7-10-2-3-10/h10H,2-9H2,1H3,(H,14,15). The maximum absolute atomic E-state index is 11.9. The molecular weight excluding hydrogens is 266 g/mol. The minimum atomic E-state index is -1.19. The quantitative estimate of drug-likeness (QED) is 0.664. The van der Waals surface area contributed by atoms with Gasteiger partial charge in [0.05, 0.1) is 13.5 Å². The predicted octanol–water partition coefficient (Wildman–Crippen LogP) is 0.605. The van der Waals surface area contributed by atoms with E-state index in [0.29, 0.717) is 24.6 Å². The summed E-state index contributed by atoms with van der Waals surface area (Å²) in [7, 11) is 0.172. The third-order valence-electron chi connectivity index (χ3n) is 3.75. The number of rotatable bonds is 8. The SMILES string of the molecule is COC(=O)CC1(CS(=O)CC(=O)NCC2CC2)CC1. The molecule has 1 N–H and O–H groups in total. The van der Waals surface area contributed by atoms with E-state index in [2.05, 4.69) is 10.1 Å². The van der Waals surface area contributed by atoms with E-state index in [0.717, 1.165) is 12.8 Å². The van der Waals surface area contributed by atoms with Gasteiger partial charge in [-0.1, -0.05) is 0 Å². The average Bonchev–Trinajstić information content (AvgIpc) is 3.23. The molecule has 0 aromatic carbocycles. The van der Waals surface area contributed by atoms with Crippen LogP contribution in [0.2, 0.25) is 0 Å². The summed E-state index contributed by atoms with van der Waals surface area (Å²) >= 11 is 0. The molecule has 2 rings (SSSR count). The highest BCUT2D eigenvalue weighted by molar-refractivity contribution is 7.85. The van der Waals surface area contributed by atoms with Gasteiger partial charge in [-0.25, -0.2) is 0 Å². The van der Waals surface area contributed by atoms with Crippen molar-refractivity contribution in [2.24, 2.45) is 11.3 Å². The number of esters is 1. The van der Waals surface area contributed by atoms with Crippen molar-refractivity contribution in [1.82, 2.24) is 5.32 Å². The summed E-state index contributed by atoms with van der Waals surface area (Å²) in [5.74, 6) is 0.715. The van der Waals surface area contributed by atoms with Gasteiger partial charge in [-0.2, -0.15) is 0 Å². The van der Waals surface area contributed by atoms with E-state index >= 15 is 0 Å². The van der Waals surface area contributed by atoms with Gasteiger partial charge in [0.25, 0.3) is 0 Å². The van der Waals surface area contributed by atoms with Gasteiger partial charge in [0.15, 0.2) is 0 Å². The normalized spacial score (nSPS) is 21.5. The molecular formula is C13H21NO4S. The van der Waals surface area contributed by atoms with E-state index in [9.17, 15) is 13.8 Å². The molecule has 0 saturated heterocycles. The topological polar surface area (TPSA) is 72.5 Å². The summed E-state index contributed by atoms with van der Waals surface area (Å²) in [4.78, 5) is 22.8. The number of amides is 1. The first-order chi connectivity index (χ1) is 9.03. The summed E-state index contributed by atoms with van der Waals surface area (Å²) in [6, 6.07) is 0. The Balaban J connectivity index is 1.68. The van der Waals surface area contributed by atoms with Crippen molar-refractivity contribution < 1.29 is 18.5 Å². The van der Waals surface area contributed by atoms with Crippen LogP contribution in [0, 0.1) is 11.3 Å². The van der Waals surface area contributed by atoms with Crippen LogP contribution in [0.15, 0.2) is 0 Å². The van der Waals surface area contributed by atoms with Crippen LogP contribution in [0.5, 0.6) is 0 Å². The Morgan fingerprint density at radius 2 is 2.05 bits per heavy atom. The summed E-state index contributed by atoms with van der Waals surface area (Å²) in [6.07, 6.45) is 4.49. The number of carbonyl (C=O) groups is 2. The molecule has 0 aromatic heterocycles. The van der Waals surface area contributed by atoms with Crippen LogP contribution in [0.3, 0.4) is 0 Å². The second-order valence-electron chi connectivity index (χ2n) is 5.73. The van der Waals surface area contributed by atoms with Crippen LogP contribution in [0.25, 0.3) is 0 Å². The Kier molecular flexibility index (Phi) is 4.60. The first kappa shape index (κ1) is 14.5. The molecule has 0 heterocycles. The van der Waals surface area contributed by atoms with Crippen molar-refractivity contribution in [3.63, 3.8) is 0 Å². The van der Waals surface area contributed by atoms with E-state index in [4.69, 9.17) is 0 Å². The molecule has 5 nitrogen and oxygen atoms in total. The zero-order valence-corrected chi connectivity index (χ0v) is 12.1. The Bertz CT molecular complexity index is 388. The first-order valence-electron chi connectivity index (χ1n) is 6.71. The number of hydrogen-bond donors (Lipinski definition) is 1. The number of nitrogens with one attached hydrogen (secondary N) is 1. The van der Waals surface area contributed by atoms with Crippen LogP contribution in [0.1, 0.15) is 32.1 Å². The van der Waals surface area contributed by atoms with Gasteiger partial charge >= 0.3 is 5.97 Å². The van der Waals surface area contributed by atoms with Crippen LogP contribution in [-0.4, -0.2) is 41.2 Å². The first-order valence-corrected chi connectivity index (χ1v) is 8.20. The molecule has 19 heavy (non-hydrogen) atoms. The summed E-state index contributed by atoms with van der Waals surface area (Å²) in [6.45, 7) is 0.712. The predicted molar refractivity (Wildman–Crippen MR) is 71.9 cm³/mol. The van der Waals surface area contributed by atoms with Crippen molar-refractivity contribution in [2.75, 3.05) is 25.2 Å². The highest BCUT2D eigenvalue weighted by Crippen LogP contribution is 2.49. The summed E-state index contributed by atoms with van der Waals surface area (Å²) in [5, 5.41) is 2.81. The van der Waals surface area contributed by atoms with E-state index in [1.807, 2.05) is 0 Å². The summed E-state index contributed by atoms with van der Waals surface area (Å²) in [5.41, 5.74) is -0.172. The Morgan fingerprint density at radius 1 is 1.37 bits per heavy atom. The van der Waals surface area contributed by atoms with Crippen molar-refractivity contribution in [3.05, 3.63) is 0 Å². The monoisotopic (exact) mass is 287 g/mol. The number of ether oxygens (including phenoxy) is 1. The Labute approximate surface area is 115 Å². The molecule has 0 radical (unpaired) electrons. The van der Waals surface area contributed by atoms with Crippen LogP contribution in [0.4, 0.5) is 0 Å². The van der Waals surface area contributed by atoms with Crippen molar-refractivity contribution in [2.45, 2.75) is 32.1 Å². The fourth-order valence-electron chi connectivity index (χ4n) is 2.10. The van der Waals surface area contributed by atoms with Gasteiger partial charge in [0, 0.05) is 23.1 Å². The second-order valence-corrected chi connectivity index (χ2v) is 7.19. The lowest BCUT2D eigenvalue weighted by Crippen LogP contribution is -2.32. The van der Waals surface area contributed by atoms with Crippen molar-refractivity contribution in [1.29, 1.82) is 0 Å². The molecule has 2 aliphatic rings. The van der Waals surface area contributed by atoms with Crippen molar-refractivity contribution in [3.8, 4) is 0 Å². The molecule has 1 amide bonds. The molecule has 1 atom stereocenters. The third kappa shape index (κ3) is 4.93. The largest absolute Gasteiger partial charge is 0.469 e. The smallest absolute Gasteiger partial charge is 0.306 e. The molecule has 0 bridgehead atoms. The number of carbonyl (C=O) groups excluding carboxylic acids is 2. The summed E-state index contributed by atoms with van der Waals surface area (Å²) < 4.78 is 16.6. The van der Waals surface area contributed by atoms with Gasteiger partial charge < -0.3 is 10.1 Å². The highest BCUT2D eigenvalue weighted by Gasteiger charge is 2.46. The lowest BCUT2D eigenvalue weighted by Gasteiger charge is -2.13. The van der Waals surface area contributed by atoms with Crippen LogP contribution >= 0.6 is 0 Å². The zero-order chi connectivity index (χ0) is 13.9. The van der Waals surface area contributed by atoms with E-state index in [1.54, 1.807) is 0 Å². The van der Waals surface area contributed by atoms with Gasteiger partial charge in [-0.15, -0.1) is 0 Å².